The summed E-state index contributed by atoms with van der Waals surface area (Å²) in [6.07, 6.45) is -3.40. The summed E-state index contributed by atoms with van der Waals surface area (Å²) in [5.41, 5.74) is -0.379. The lowest BCUT2D eigenvalue weighted by Gasteiger charge is -2.12. The molecule has 0 amide bonds. The second-order valence-corrected chi connectivity index (χ2v) is 5.18. The lowest BCUT2D eigenvalue weighted by molar-refractivity contribution is -0.141. The van der Waals surface area contributed by atoms with Crippen molar-refractivity contribution < 1.29 is 13.2 Å². The van der Waals surface area contributed by atoms with E-state index in [1.165, 1.54) is 4.52 Å². The summed E-state index contributed by atoms with van der Waals surface area (Å²) in [6.45, 7) is 0. The summed E-state index contributed by atoms with van der Waals surface area (Å²) in [7, 11) is 0. The number of rotatable bonds is 2. The molecule has 24 heavy (non-hydrogen) atoms. The number of anilines is 2. The van der Waals surface area contributed by atoms with E-state index in [0.29, 0.717) is 5.69 Å². The van der Waals surface area contributed by atoms with Crippen LogP contribution < -0.4 is 5.32 Å². The number of aromatic nitrogens is 4. The lowest BCUT2D eigenvalue weighted by Crippen LogP contribution is -2.12. The minimum absolute atomic E-state index is 0.117. The molecule has 0 unspecified atom stereocenters. The monoisotopic (exact) mass is 329 g/mol. The number of halogens is 3. The maximum atomic E-state index is 13.0. The number of fused-ring (bicyclic) bond motifs is 2. The molecule has 0 radical (unpaired) electrons. The Kier molecular flexibility index (Phi) is 3.12. The Hall–Kier alpha value is -3.16. The molecule has 5 nitrogen and oxygen atoms in total. The van der Waals surface area contributed by atoms with Gasteiger partial charge in [-0.05, 0) is 22.9 Å². The van der Waals surface area contributed by atoms with Gasteiger partial charge in [0.05, 0.1) is 0 Å². The standard InChI is InChI=1S/C16H10F3N5/c17-16(18,19)13-8-14(24-15(23-13)20-9-21-24)22-12-6-5-10-3-1-2-4-11(10)7-12/h1-9,22H. The molecule has 0 saturated heterocycles. The first-order chi connectivity index (χ1) is 11.5. The molecule has 0 bridgehead atoms. The van der Waals surface area contributed by atoms with Gasteiger partial charge in [0.25, 0.3) is 5.78 Å². The topological polar surface area (TPSA) is 55.1 Å². The van der Waals surface area contributed by atoms with Crippen LogP contribution in [0.15, 0.2) is 54.9 Å². The van der Waals surface area contributed by atoms with E-state index < -0.39 is 11.9 Å². The predicted octanol–water partition coefficient (Wildman–Crippen LogP) is 4.04. The molecule has 0 fully saturated rings. The average molecular weight is 329 g/mol. The lowest BCUT2D eigenvalue weighted by atomic mass is 10.1. The van der Waals surface area contributed by atoms with E-state index in [4.69, 9.17) is 0 Å². The highest BCUT2D eigenvalue weighted by Gasteiger charge is 2.34. The molecule has 0 aliphatic carbocycles. The number of alkyl halides is 3. The fourth-order valence-corrected chi connectivity index (χ4v) is 2.46. The third-order valence-electron chi connectivity index (χ3n) is 3.56. The van der Waals surface area contributed by atoms with Gasteiger partial charge in [-0.15, -0.1) is 0 Å². The highest BCUT2D eigenvalue weighted by Crippen LogP contribution is 2.30. The van der Waals surface area contributed by atoms with E-state index in [1.807, 2.05) is 36.4 Å². The minimum atomic E-state index is -4.56. The first-order valence-electron chi connectivity index (χ1n) is 7.04. The summed E-state index contributed by atoms with van der Waals surface area (Å²) in [5.74, 6) is 0.0215. The molecule has 2 aromatic carbocycles. The van der Waals surface area contributed by atoms with Crippen LogP contribution >= 0.6 is 0 Å². The van der Waals surface area contributed by atoms with Gasteiger partial charge in [-0.25, -0.2) is 4.98 Å². The Labute approximate surface area is 133 Å². The number of nitrogens with one attached hydrogen (secondary N) is 1. The Balaban J connectivity index is 1.81. The summed E-state index contributed by atoms with van der Waals surface area (Å²) in [5, 5.41) is 8.89. The van der Waals surface area contributed by atoms with Crippen molar-refractivity contribution in [2.75, 3.05) is 5.32 Å². The maximum Gasteiger partial charge on any atom is 0.433 e. The SMILES string of the molecule is FC(F)(F)c1cc(Nc2ccc3ccccc3c2)n2ncnc2n1. The van der Waals surface area contributed by atoms with Crippen LogP contribution in [-0.2, 0) is 6.18 Å². The molecular formula is C16H10F3N5. The molecule has 0 spiro atoms. The first kappa shape index (κ1) is 14.4. The van der Waals surface area contributed by atoms with Crippen molar-refractivity contribution in [1.82, 2.24) is 19.6 Å². The zero-order valence-electron chi connectivity index (χ0n) is 12.1. The van der Waals surface area contributed by atoms with Crippen molar-refractivity contribution in [2.45, 2.75) is 6.18 Å². The van der Waals surface area contributed by atoms with Gasteiger partial charge >= 0.3 is 6.18 Å². The van der Waals surface area contributed by atoms with Gasteiger partial charge in [-0.1, -0.05) is 30.3 Å². The van der Waals surface area contributed by atoms with Crippen LogP contribution in [0.2, 0.25) is 0 Å². The highest BCUT2D eigenvalue weighted by molar-refractivity contribution is 5.86. The van der Waals surface area contributed by atoms with E-state index in [9.17, 15) is 13.2 Å². The summed E-state index contributed by atoms with van der Waals surface area (Å²) >= 11 is 0. The second-order valence-electron chi connectivity index (χ2n) is 5.18. The quantitative estimate of drug-likeness (QED) is 0.603. The number of hydrogen-bond donors (Lipinski definition) is 1. The maximum absolute atomic E-state index is 13.0. The molecule has 120 valence electrons. The van der Waals surface area contributed by atoms with Crippen LogP contribution in [0, 0.1) is 0 Å². The van der Waals surface area contributed by atoms with Crippen LogP contribution in [-0.4, -0.2) is 19.6 Å². The van der Waals surface area contributed by atoms with E-state index in [1.54, 1.807) is 6.07 Å². The van der Waals surface area contributed by atoms with Crippen molar-refractivity contribution >= 4 is 28.1 Å². The summed E-state index contributed by atoms with van der Waals surface area (Å²) < 4.78 is 40.2. The third kappa shape index (κ3) is 2.51. The van der Waals surface area contributed by atoms with Gasteiger partial charge in [0.2, 0.25) is 0 Å². The van der Waals surface area contributed by atoms with Crippen molar-refractivity contribution in [1.29, 1.82) is 0 Å². The first-order valence-corrected chi connectivity index (χ1v) is 7.04. The molecule has 1 N–H and O–H groups in total. The number of nitrogens with zero attached hydrogens (tertiary/aromatic N) is 4. The van der Waals surface area contributed by atoms with Crippen molar-refractivity contribution in [3.05, 3.63) is 60.6 Å². The van der Waals surface area contributed by atoms with Crippen LogP contribution in [0.5, 0.6) is 0 Å². The Morgan fingerprint density at radius 3 is 2.54 bits per heavy atom. The van der Waals surface area contributed by atoms with Gasteiger partial charge < -0.3 is 5.32 Å². The fourth-order valence-electron chi connectivity index (χ4n) is 2.46. The predicted molar refractivity (Wildman–Crippen MR) is 83.0 cm³/mol. The Morgan fingerprint density at radius 2 is 1.75 bits per heavy atom. The van der Waals surface area contributed by atoms with E-state index in [-0.39, 0.29) is 11.6 Å². The van der Waals surface area contributed by atoms with Crippen LogP contribution in [0.3, 0.4) is 0 Å². The van der Waals surface area contributed by atoms with Crippen LogP contribution in [0.25, 0.3) is 16.6 Å². The van der Waals surface area contributed by atoms with Crippen molar-refractivity contribution in [2.24, 2.45) is 0 Å². The zero-order chi connectivity index (χ0) is 16.7. The van der Waals surface area contributed by atoms with Crippen molar-refractivity contribution in [3.8, 4) is 0 Å². The second kappa shape index (κ2) is 5.19. The molecule has 0 aliphatic rings. The molecule has 4 rings (SSSR count). The van der Waals surface area contributed by atoms with E-state index in [0.717, 1.165) is 23.2 Å². The number of benzene rings is 2. The summed E-state index contributed by atoms with van der Waals surface area (Å²) in [6, 6.07) is 14.2. The molecule has 8 heteroatoms. The average Bonchev–Trinajstić information content (AvgIpc) is 3.03. The number of hydrogen-bond acceptors (Lipinski definition) is 4. The smallest absolute Gasteiger partial charge is 0.340 e. The normalized spacial score (nSPS) is 12.0. The largest absolute Gasteiger partial charge is 0.433 e. The molecule has 0 saturated carbocycles. The zero-order valence-corrected chi connectivity index (χ0v) is 12.1. The Morgan fingerprint density at radius 1 is 0.958 bits per heavy atom. The van der Waals surface area contributed by atoms with Gasteiger partial charge in [0.15, 0.2) is 5.69 Å². The van der Waals surface area contributed by atoms with Crippen LogP contribution in [0.4, 0.5) is 24.7 Å². The molecule has 4 aromatic rings. The molecule has 2 aromatic heterocycles. The highest BCUT2D eigenvalue weighted by atomic mass is 19.4. The van der Waals surface area contributed by atoms with Crippen molar-refractivity contribution in [3.63, 3.8) is 0 Å². The van der Waals surface area contributed by atoms with Gasteiger partial charge in [0, 0.05) is 11.8 Å². The van der Waals surface area contributed by atoms with Gasteiger partial charge in [-0.3, -0.25) is 0 Å². The Bertz CT molecular complexity index is 1040. The molecule has 2 heterocycles. The fraction of sp³-hybridized carbons (Fsp3) is 0.0625. The molecule has 0 atom stereocenters. The summed E-state index contributed by atoms with van der Waals surface area (Å²) in [4.78, 5) is 7.23. The van der Waals surface area contributed by atoms with E-state index in [2.05, 4.69) is 20.4 Å². The van der Waals surface area contributed by atoms with Gasteiger partial charge in [-0.2, -0.15) is 27.8 Å². The molecular weight excluding hydrogens is 319 g/mol. The minimum Gasteiger partial charge on any atom is -0.340 e. The van der Waals surface area contributed by atoms with Crippen LogP contribution in [0.1, 0.15) is 5.69 Å². The van der Waals surface area contributed by atoms with E-state index >= 15 is 0 Å². The molecule has 0 aliphatic heterocycles. The van der Waals surface area contributed by atoms with Gasteiger partial charge in [0.1, 0.15) is 12.1 Å². The third-order valence-corrected chi connectivity index (χ3v) is 3.56.